The van der Waals surface area contributed by atoms with E-state index >= 15 is 0 Å². The highest BCUT2D eigenvalue weighted by Gasteiger charge is 2.18. The summed E-state index contributed by atoms with van der Waals surface area (Å²) < 4.78 is 0. The summed E-state index contributed by atoms with van der Waals surface area (Å²) >= 11 is 1.65. The van der Waals surface area contributed by atoms with Gasteiger partial charge in [0.15, 0.2) is 0 Å². The molecule has 5 heteroatoms. The lowest BCUT2D eigenvalue weighted by molar-refractivity contribution is 0.103. The number of piperazine rings is 1. The number of hydrogen-bond acceptors (Lipinski definition) is 4. The molecule has 1 amide bonds. The molecule has 2 aromatic rings. The number of hydrogen-bond donors (Lipinski definition) is 1. The van der Waals surface area contributed by atoms with Gasteiger partial charge in [0.05, 0.1) is 4.88 Å². The standard InChI is InChI=1S/C23H33N3OS/c1-5-8-21-18(6-2)16-22(28-21)23(27)24-20-10-9-19(15-17(20)4)26-13-11-25(7-3)12-14-26/h9-10,15-16H,5-8,11-14H2,1-4H3,(H,24,27). The molecule has 28 heavy (non-hydrogen) atoms. The third kappa shape index (κ3) is 4.76. The zero-order valence-corrected chi connectivity index (χ0v) is 18.5. The van der Waals surface area contributed by atoms with Gasteiger partial charge >= 0.3 is 0 Å². The van der Waals surface area contributed by atoms with Crippen molar-refractivity contribution in [1.29, 1.82) is 0 Å². The number of benzene rings is 1. The van der Waals surface area contributed by atoms with Crippen LogP contribution in [0.25, 0.3) is 0 Å². The predicted molar refractivity (Wildman–Crippen MR) is 121 cm³/mol. The molecule has 1 aromatic heterocycles. The molecule has 0 saturated carbocycles. The van der Waals surface area contributed by atoms with Crippen LogP contribution in [-0.4, -0.2) is 43.5 Å². The van der Waals surface area contributed by atoms with Gasteiger partial charge in [-0.05, 0) is 61.7 Å². The highest BCUT2D eigenvalue weighted by molar-refractivity contribution is 7.14. The lowest BCUT2D eigenvalue weighted by Crippen LogP contribution is -2.46. The Kier molecular flexibility index (Phi) is 7.13. The first kappa shape index (κ1) is 20.9. The highest BCUT2D eigenvalue weighted by atomic mass is 32.1. The zero-order valence-electron chi connectivity index (χ0n) is 17.7. The van der Waals surface area contributed by atoms with Gasteiger partial charge in [0.1, 0.15) is 0 Å². The minimum Gasteiger partial charge on any atom is -0.369 e. The van der Waals surface area contributed by atoms with Crippen LogP contribution < -0.4 is 10.2 Å². The molecule has 0 aliphatic carbocycles. The molecule has 1 fully saturated rings. The topological polar surface area (TPSA) is 35.6 Å². The van der Waals surface area contributed by atoms with Gasteiger partial charge in [0, 0.05) is 42.4 Å². The molecule has 4 nitrogen and oxygen atoms in total. The Labute approximate surface area is 173 Å². The number of likely N-dealkylation sites (N-methyl/N-ethyl adjacent to an activating group) is 1. The Morgan fingerprint density at radius 2 is 1.86 bits per heavy atom. The summed E-state index contributed by atoms with van der Waals surface area (Å²) in [4.78, 5) is 19.9. The van der Waals surface area contributed by atoms with E-state index in [4.69, 9.17) is 0 Å². The van der Waals surface area contributed by atoms with Crippen LogP contribution in [0.1, 0.15) is 52.9 Å². The lowest BCUT2D eigenvalue weighted by atomic mass is 10.1. The first-order valence-electron chi connectivity index (χ1n) is 10.6. The van der Waals surface area contributed by atoms with E-state index in [1.807, 2.05) is 0 Å². The third-order valence-corrected chi connectivity index (χ3v) is 6.86. The van der Waals surface area contributed by atoms with Crippen molar-refractivity contribution in [3.63, 3.8) is 0 Å². The normalized spacial score (nSPS) is 15.1. The van der Waals surface area contributed by atoms with Crippen LogP contribution in [0.5, 0.6) is 0 Å². The van der Waals surface area contributed by atoms with Gasteiger partial charge in [-0.25, -0.2) is 0 Å². The number of rotatable bonds is 7. The summed E-state index contributed by atoms with van der Waals surface area (Å²) in [7, 11) is 0. The average molecular weight is 400 g/mol. The van der Waals surface area contributed by atoms with E-state index in [1.54, 1.807) is 11.3 Å². The zero-order chi connectivity index (χ0) is 20.1. The van der Waals surface area contributed by atoms with Crippen LogP contribution in [-0.2, 0) is 12.8 Å². The molecule has 0 unspecified atom stereocenters. The fourth-order valence-corrected chi connectivity index (χ4v) is 5.06. The molecule has 0 spiro atoms. The van der Waals surface area contributed by atoms with Crippen molar-refractivity contribution in [3.8, 4) is 0 Å². The molecular formula is C23H33N3OS. The van der Waals surface area contributed by atoms with Gasteiger partial charge in [-0.2, -0.15) is 0 Å². The Balaban J connectivity index is 1.68. The van der Waals surface area contributed by atoms with Crippen molar-refractivity contribution in [2.45, 2.75) is 47.0 Å². The van der Waals surface area contributed by atoms with Crippen LogP contribution in [0.3, 0.4) is 0 Å². The van der Waals surface area contributed by atoms with Crippen molar-refractivity contribution in [2.75, 3.05) is 42.9 Å². The third-order valence-electron chi connectivity index (χ3n) is 5.62. The van der Waals surface area contributed by atoms with Crippen LogP contribution in [0.2, 0.25) is 0 Å². The molecule has 1 aliphatic rings. The second kappa shape index (κ2) is 9.57. The molecule has 1 saturated heterocycles. The number of aryl methyl sites for hydroxylation is 3. The molecule has 3 rings (SSSR count). The van der Waals surface area contributed by atoms with Crippen molar-refractivity contribution in [3.05, 3.63) is 45.1 Å². The van der Waals surface area contributed by atoms with E-state index in [9.17, 15) is 4.79 Å². The molecular weight excluding hydrogens is 366 g/mol. The second-order valence-corrected chi connectivity index (χ2v) is 8.67. The summed E-state index contributed by atoms with van der Waals surface area (Å²) in [6, 6.07) is 8.46. The maximum atomic E-state index is 12.8. The van der Waals surface area contributed by atoms with Crippen LogP contribution in [0, 0.1) is 6.92 Å². The molecule has 1 aliphatic heterocycles. The van der Waals surface area contributed by atoms with E-state index < -0.39 is 0 Å². The van der Waals surface area contributed by atoms with Crippen molar-refractivity contribution in [2.24, 2.45) is 0 Å². The van der Waals surface area contributed by atoms with Gasteiger partial charge in [-0.3, -0.25) is 4.79 Å². The number of carbonyl (C=O) groups is 1. The fraction of sp³-hybridized carbons (Fsp3) is 0.522. The van der Waals surface area contributed by atoms with E-state index in [-0.39, 0.29) is 5.91 Å². The number of anilines is 2. The van der Waals surface area contributed by atoms with Gasteiger partial charge in [-0.1, -0.05) is 27.2 Å². The van der Waals surface area contributed by atoms with Gasteiger partial charge in [0.25, 0.3) is 5.91 Å². The minimum atomic E-state index is 0.00876. The number of amides is 1. The van der Waals surface area contributed by atoms with Gasteiger partial charge in [0.2, 0.25) is 0 Å². The second-order valence-electron chi connectivity index (χ2n) is 7.54. The van der Waals surface area contributed by atoms with Crippen LogP contribution >= 0.6 is 11.3 Å². The van der Waals surface area contributed by atoms with Gasteiger partial charge in [-0.15, -0.1) is 11.3 Å². The van der Waals surface area contributed by atoms with Gasteiger partial charge < -0.3 is 15.1 Å². The minimum absolute atomic E-state index is 0.00876. The number of nitrogens with zero attached hydrogens (tertiary/aromatic N) is 2. The molecule has 1 aromatic carbocycles. The predicted octanol–water partition coefficient (Wildman–Crippen LogP) is 4.97. The van der Waals surface area contributed by atoms with E-state index in [1.165, 1.54) is 16.1 Å². The molecule has 1 N–H and O–H groups in total. The smallest absolute Gasteiger partial charge is 0.265 e. The monoisotopic (exact) mass is 399 g/mol. The van der Waals surface area contributed by atoms with Crippen LogP contribution in [0.15, 0.2) is 24.3 Å². The first-order chi connectivity index (χ1) is 13.5. The summed E-state index contributed by atoms with van der Waals surface area (Å²) in [5.74, 6) is 0.00876. The van der Waals surface area contributed by atoms with Crippen molar-refractivity contribution in [1.82, 2.24) is 4.90 Å². The summed E-state index contributed by atoms with van der Waals surface area (Å²) in [6.07, 6.45) is 3.15. The SMILES string of the molecule is CCCc1sc(C(=O)Nc2ccc(N3CCN(CC)CC3)cc2C)cc1CC. The maximum absolute atomic E-state index is 12.8. The fourth-order valence-electron chi connectivity index (χ4n) is 3.81. The number of thiophene rings is 1. The quantitative estimate of drug-likeness (QED) is 0.714. The Morgan fingerprint density at radius 3 is 2.46 bits per heavy atom. The Morgan fingerprint density at radius 1 is 1.11 bits per heavy atom. The van der Waals surface area contributed by atoms with Crippen LogP contribution in [0.4, 0.5) is 11.4 Å². The summed E-state index contributed by atoms with van der Waals surface area (Å²) in [5, 5.41) is 3.12. The largest absolute Gasteiger partial charge is 0.369 e. The summed E-state index contributed by atoms with van der Waals surface area (Å²) in [5.41, 5.74) is 4.59. The molecule has 0 atom stereocenters. The maximum Gasteiger partial charge on any atom is 0.265 e. The number of carbonyl (C=O) groups excluding carboxylic acids is 1. The van der Waals surface area contributed by atoms with E-state index in [2.05, 4.69) is 67.1 Å². The van der Waals surface area contributed by atoms with Crippen molar-refractivity contribution < 1.29 is 4.79 Å². The number of nitrogens with one attached hydrogen (secondary N) is 1. The molecule has 0 radical (unpaired) electrons. The Hall–Kier alpha value is -1.85. The highest BCUT2D eigenvalue weighted by Crippen LogP contribution is 2.27. The van der Waals surface area contributed by atoms with E-state index in [0.717, 1.165) is 68.1 Å². The summed E-state index contributed by atoms with van der Waals surface area (Å²) in [6.45, 7) is 14.1. The van der Waals surface area contributed by atoms with E-state index in [0.29, 0.717) is 0 Å². The average Bonchev–Trinajstić information content (AvgIpc) is 3.13. The lowest BCUT2D eigenvalue weighted by Gasteiger charge is -2.35. The molecule has 0 bridgehead atoms. The van der Waals surface area contributed by atoms with Crippen molar-refractivity contribution >= 4 is 28.6 Å². The Bertz CT molecular complexity index is 806. The molecule has 2 heterocycles. The first-order valence-corrected chi connectivity index (χ1v) is 11.4. The molecule has 152 valence electrons.